The summed E-state index contributed by atoms with van der Waals surface area (Å²) in [4.78, 5) is 53.2. The number of anilines is 1. The van der Waals surface area contributed by atoms with Crippen molar-refractivity contribution < 1.29 is 29.0 Å². The Hall–Kier alpha value is -2.88. The minimum Gasteiger partial charge on any atom is -0.504 e. The highest BCUT2D eigenvalue weighted by Gasteiger charge is 2.76. The third-order valence-electron chi connectivity index (χ3n) is 8.57. The van der Waals surface area contributed by atoms with Crippen LogP contribution in [0.2, 0.25) is 0 Å². The number of benzene rings is 2. The Morgan fingerprint density at radius 2 is 1.74 bits per heavy atom. The topological polar surface area (TPSA) is 104 Å². The molecule has 0 bridgehead atoms. The third kappa shape index (κ3) is 3.36. The van der Waals surface area contributed by atoms with Gasteiger partial charge in [0, 0.05) is 5.92 Å². The summed E-state index contributed by atoms with van der Waals surface area (Å²) in [7, 11) is 1.41. The van der Waals surface area contributed by atoms with Crippen molar-refractivity contribution in [2.75, 3.05) is 17.5 Å². The van der Waals surface area contributed by atoms with Gasteiger partial charge in [0.1, 0.15) is 0 Å². The van der Waals surface area contributed by atoms with E-state index in [-0.39, 0.29) is 41.6 Å². The Labute approximate surface area is 242 Å². The number of phenols is 1. The van der Waals surface area contributed by atoms with Crippen LogP contribution in [-0.2, 0) is 19.2 Å². The first-order valence-corrected chi connectivity index (χ1v) is 14.3. The molecule has 4 amide bonds. The molecule has 11 heteroatoms. The normalized spacial score (nSPS) is 33.6. The summed E-state index contributed by atoms with van der Waals surface area (Å²) in [6.45, 7) is 0. The fourth-order valence-electron chi connectivity index (χ4n) is 6.84. The molecule has 2 aliphatic carbocycles. The number of hydrogen-bond donors (Lipinski definition) is 1. The van der Waals surface area contributed by atoms with Gasteiger partial charge in [-0.1, -0.05) is 51.8 Å². The number of imide groups is 2. The molecule has 1 saturated carbocycles. The summed E-state index contributed by atoms with van der Waals surface area (Å²) in [6.07, 6.45) is 2.02. The van der Waals surface area contributed by atoms with Gasteiger partial charge in [-0.05, 0) is 48.6 Å². The summed E-state index contributed by atoms with van der Waals surface area (Å²) >= 11 is 17.6. The smallest absolute Gasteiger partial charge is 0.254 e. The van der Waals surface area contributed by atoms with Crippen molar-refractivity contribution in [3.05, 3.63) is 65.7 Å². The maximum absolute atomic E-state index is 13.9. The van der Waals surface area contributed by atoms with E-state index in [1.54, 1.807) is 42.5 Å². The first kappa shape index (κ1) is 26.3. The number of hydrogen-bond acceptors (Lipinski definition) is 6. The Kier molecular flexibility index (Phi) is 6.13. The van der Waals surface area contributed by atoms with Gasteiger partial charge >= 0.3 is 0 Å². The maximum Gasteiger partial charge on any atom is 0.254 e. The second-order valence-corrected chi connectivity index (χ2v) is 12.0. The molecular formula is C28H23BrCl2N2O6. The molecular weight excluding hydrogens is 611 g/mol. The van der Waals surface area contributed by atoms with E-state index in [2.05, 4.69) is 15.9 Å². The van der Waals surface area contributed by atoms with Gasteiger partial charge in [-0.3, -0.25) is 29.0 Å². The van der Waals surface area contributed by atoms with Crippen molar-refractivity contribution in [2.45, 2.75) is 28.5 Å². The van der Waals surface area contributed by atoms with Crippen LogP contribution < -0.4 is 9.64 Å². The standard InChI is InChI=1S/C28H23BrCl2N2O6/c1-39-20-10-7-14(11-19(20)34)22-16-8-9-17-21(24(36)33(23(17)35)15-5-3-2-4-6-15)18(16)12-27(30)25(37)32(13-29)26(38)28(22,27)31/h2-8,10-11,17-18,21-22,34H,9,12-13H2,1H3. The number of alkyl halides is 3. The molecule has 4 aliphatic rings. The Bertz CT molecular complexity index is 1470. The van der Waals surface area contributed by atoms with Crippen LogP contribution in [0.25, 0.3) is 0 Å². The monoisotopic (exact) mass is 632 g/mol. The summed E-state index contributed by atoms with van der Waals surface area (Å²) < 4.78 is 5.19. The van der Waals surface area contributed by atoms with Crippen LogP contribution in [0.3, 0.4) is 0 Å². The minimum absolute atomic E-state index is 0.0978. The number of carbonyl (C=O) groups is 4. The summed E-state index contributed by atoms with van der Waals surface area (Å²) in [5.74, 6) is -5.00. The highest BCUT2D eigenvalue weighted by atomic mass is 79.9. The zero-order chi connectivity index (χ0) is 27.9. The molecule has 6 unspecified atom stereocenters. The summed E-state index contributed by atoms with van der Waals surface area (Å²) in [6, 6.07) is 13.3. The lowest BCUT2D eigenvalue weighted by molar-refractivity contribution is -0.138. The molecule has 3 fully saturated rings. The number of allylic oxidation sites excluding steroid dienone is 2. The molecule has 8 nitrogen and oxygen atoms in total. The van der Waals surface area contributed by atoms with Gasteiger partial charge in [0.25, 0.3) is 11.8 Å². The van der Waals surface area contributed by atoms with Crippen LogP contribution in [0.4, 0.5) is 5.69 Å². The molecule has 0 spiro atoms. The van der Waals surface area contributed by atoms with E-state index in [0.29, 0.717) is 16.8 Å². The molecule has 0 radical (unpaired) electrons. The molecule has 2 aliphatic heterocycles. The number of ether oxygens (including phenoxy) is 1. The van der Waals surface area contributed by atoms with E-state index in [1.165, 1.54) is 18.1 Å². The molecule has 39 heavy (non-hydrogen) atoms. The molecule has 2 saturated heterocycles. The second-order valence-electron chi connectivity index (χ2n) is 10.3. The molecule has 202 valence electrons. The predicted octanol–water partition coefficient (Wildman–Crippen LogP) is 4.32. The Balaban J connectivity index is 1.53. The Morgan fingerprint density at radius 1 is 1.03 bits per heavy atom. The third-order valence-corrected chi connectivity index (χ3v) is 10.5. The van der Waals surface area contributed by atoms with Crippen molar-refractivity contribution in [3.8, 4) is 11.5 Å². The molecule has 2 heterocycles. The fraction of sp³-hybridized carbons (Fsp3) is 0.357. The quantitative estimate of drug-likeness (QED) is 0.233. The molecule has 2 aromatic rings. The van der Waals surface area contributed by atoms with Crippen LogP contribution >= 0.6 is 39.1 Å². The van der Waals surface area contributed by atoms with Gasteiger partial charge < -0.3 is 9.84 Å². The number of fused-ring (bicyclic) bond motifs is 4. The maximum atomic E-state index is 13.9. The van der Waals surface area contributed by atoms with Gasteiger partial charge in [0.05, 0.1) is 30.1 Å². The van der Waals surface area contributed by atoms with Crippen LogP contribution in [-0.4, -0.2) is 55.9 Å². The number of phenolic OH excluding ortho intramolecular Hbond substituents is 1. The highest BCUT2D eigenvalue weighted by Crippen LogP contribution is 2.65. The van der Waals surface area contributed by atoms with Crippen molar-refractivity contribution >= 4 is 68.4 Å². The van der Waals surface area contributed by atoms with Crippen LogP contribution in [0, 0.1) is 17.8 Å². The number of rotatable bonds is 4. The average molecular weight is 634 g/mol. The zero-order valence-corrected chi connectivity index (χ0v) is 23.7. The van der Waals surface area contributed by atoms with Crippen molar-refractivity contribution in [1.82, 2.24) is 4.90 Å². The van der Waals surface area contributed by atoms with Crippen molar-refractivity contribution in [3.63, 3.8) is 0 Å². The zero-order valence-electron chi connectivity index (χ0n) is 20.6. The summed E-state index contributed by atoms with van der Waals surface area (Å²) in [5.41, 5.74) is 1.46. The number of halogens is 3. The van der Waals surface area contributed by atoms with Crippen LogP contribution in [0.1, 0.15) is 24.3 Å². The van der Waals surface area contributed by atoms with E-state index in [9.17, 15) is 24.3 Å². The van der Waals surface area contributed by atoms with Gasteiger partial charge in [-0.2, -0.15) is 0 Å². The minimum atomic E-state index is -1.93. The Morgan fingerprint density at radius 3 is 2.38 bits per heavy atom. The van der Waals surface area contributed by atoms with Gasteiger partial charge in [0.2, 0.25) is 11.8 Å². The second kappa shape index (κ2) is 9.08. The van der Waals surface area contributed by atoms with E-state index in [4.69, 9.17) is 27.9 Å². The average Bonchev–Trinajstić information content (AvgIpc) is 3.27. The lowest BCUT2D eigenvalue weighted by Gasteiger charge is -2.50. The number of aromatic hydroxyl groups is 1. The predicted molar refractivity (Wildman–Crippen MR) is 147 cm³/mol. The first-order chi connectivity index (χ1) is 18.6. The van der Waals surface area contributed by atoms with Gasteiger partial charge in [-0.25, -0.2) is 0 Å². The van der Waals surface area contributed by atoms with E-state index < -0.39 is 45.2 Å². The number of para-hydroxylation sites is 1. The first-order valence-electron chi connectivity index (χ1n) is 12.4. The lowest BCUT2D eigenvalue weighted by Crippen LogP contribution is -2.60. The number of amides is 4. The fourth-order valence-corrected chi connectivity index (χ4v) is 8.27. The van der Waals surface area contributed by atoms with E-state index in [0.717, 1.165) is 4.90 Å². The van der Waals surface area contributed by atoms with Crippen molar-refractivity contribution in [1.29, 1.82) is 0 Å². The van der Waals surface area contributed by atoms with E-state index in [1.807, 2.05) is 6.08 Å². The summed E-state index contributed by atoms with van der Waals surface area (Å²) in [5, 5.41) is 10.6. The van der Waals surface area contributed by atoms with Crippen molar-refractivity contribution in [2.24, 2.45) is 17.8 Å². The van der Waals surface area contributed by atoms with Crippen LogP contribution in [0.5, 0.6) is 11.5 Å². The molecule has 1 N–H and O–H groups in total. The number of carbonyl (C=O) groups excluding carboxylic acids is 4. The van der Waals surface area contributed by atoms with E-state index >= 15 is 0 Å². The van der Waals surface area contributed by atoms with Gasteiger partial charge in [-0.15, -0.1) is 23.2 Å². The number of methoxy groups -OCH3 is 1. The highest BCUT2D eigenvalue weighted by molar-refractivity contribution is 9.09. The molecule has 2 aromatic carbocycles. The molecule has 6 atom stereocenters. The largest absolute Gasteiger partial charge is 0.504 e. The number of nitrogens with zero attached hydrogens (tertiary/aromatic N) is 2. The molecule has 0 aromatic heterocycles. The number of likely N-dealkylation sites (tertiary alicyclic amines) is 1. The SMILES string of the molecule is COc1ccc(C2C3=CCC4C(=O)N(c5ccccc5)C(=O)C4C3CC3(Cl)C(=O)N(CBr)C(=O)C23Cl)cc1O. The van der Waals surface area contributed by atoms with Gasteiger partial charge in [0.15, 0.2) is 21.2 Å². The van der Waals surface area contributed by atoms with Crippen LogP contribution in [0.15, 0.2) is 60.2 Å². The molecule has 6 rings (SSSR count). The lowest BCUT2D eigenvalue weighted by atomic mass is 9.56.